The van der Waals surface area contributed by atoms with E-state index in [-0.39, 0.29) is 0 Å². The second kappa shape index (κ2) is 5.43. The number of hydrogen-bond donors (Lipinski definition) is 1. The zero-order valence-electron chi connectivity index (χ0n) is 10.3. The van der Waals surface area contributed by atoms with Crippen LogP contribution < -0.4 is 5.32 Å². The van der Waals surface area contributed by atoms with Crippen LogP contribution in [-0.4, -0.2) is 20.8 Å². The molecule has 16 heavy (non-hydrogen) atoms. The number of aromatic nitrogens is 3. The predicted molar refractivity (Wildman–Crippen MR) is 64.0 cm³/mol. The van der Waals surface area contributed by atoms with Gasteiger partial charge < -0.3 is 9.88 Å². The normalized spacial score (nSPS) is 17.6. The van der Waals surface area contributed by atoms with E-state index in [0.29, 0.717) is 6.04 Å². The van der Waals surface area contributed by atoms with E-state index in [1.807, 2.05) is 6.33 Å². The van der Waals surface area contributed by atoms with Crippen molar-refractivity contribution in [2.24, 2.45) is 5.92 Å². The fourth-order valence-corrected chi connectivity index (χ4v) is 2.22. The van der Waals surface area contributed by atoms with Crippen molar-refractivity contribution >= 4 is 0 Å². The lowest BCUT2D eigenvalue weighted by Gasteiger charge is -2.17. The molecule has 2 rings (SSSR count). The average molecular weight is 222 g/mol. The molecule has 0 aliphatic heterocycles. The van der Waals surface area contributed by atoms with Crippen molar-refractivity contribution in [3.8, 4) is 0 Å². The van der Waals surface area contributed by atoms with E-state index in [1.54, 1.807) is 0 Å². The van der Waals surface area contributed by atoms with Gasteiger partial charge in [0.2, 0.25) is 0 Å². The Morgan fingerprint density at radius 1 is 1.50 bits per heavy atom. The summed E-state index contributed by atoms with van der Waals surface area (Å²) in [5.41, 5.74) is 0. The number of nitrogens with one attached hydrogen (secondary N) is 1. The van der Waals surface area contributed by atoms with Gasteiger partial charge in [0.05, 0.1) is 6.54 Å². The molecule has 4 heteroatoms. The second-order valence-electron chi connectivity index (χ2n) is 4.65. The third-order valence-corrected chi connectivity index (χ3v) is 3.35. The molecule has 0 radical (unpaired) electrons. The topological polar surface area (TPSA) is 42.7 Å². The van der Waals surface area contributed by atoms with Crippen LogP contribution >= 0.6 is 0 Å². The number of hydrogen-bond acceptors (Lipinski definition) is 3. The molecule has 1 aliphatic carbocycles. The largest absolute Gasteiger partial charge is 0.317 e. The fraction of sp³-hybridized carbons (Fsp3) is 0.833. The van der Waals surface area contributed by atoms with Gasteiger partial charge in [-0.3, -0.25) is 0 Å². The third-order valence-electron chi connectivity index (χ3n) is 3.35. The highest BCUT2D eigenvalue weighted by Crippen LogP contribution is 2.34. The predicted octanol–water partition coefficient (Wildman–Crippen LogP) is 1.97. The number of rotatable bonds is 7. The Hall–Kier alpha value is -0.900. The molecule has 0 spiro atoms. The average Bonchev–Trinajstić information content (AvgIpc) is 3.03. The van der Waals surface area contributed by atoms with E-state index in [4.69, 9.17) is 0 Å². The van der Waals surface area contributed by atoms with Gasteiger partial charge in [-0.1, -0.05) is 13.3 Å². The van der Waals surface area contributed by atoms with Crippen molar-refractivity contribution in [3.63, 3.8) is 0 Å². The quantitative estimate of drug-likeness (QED) is 0.767. The summed E-state index contributed by atoms with van der Waals surface area (Å²) in [4.78, 5) is 0. The highest BCUT2D eigenvalue weighted by molar-refractivity contribution is 4.90. The Morgan fingerprint density at radius 2 is 2.31 bits per heavy atom. The molecule has 1 fully saturated rings. The summed E-state index contributed by atoms with van der Waals surface area (Å²) in [6.07, 6.45) is 7.15. The summed E-state index contributed by atoms with van der Waals surface area (Å²) in [7, 11) is 0. The monoisotopic (exact) mass is 222 g/mol. The molecule has 1 atom stereocenters. The van der Waals surface area contributed by atoms with E-state index in [9.17, 15) is 0 Å². The maximum atomic E-state index is 4.15. The van der Waals surface area contributed by atoms with Crippen LogP contribution in [0.15, 0.2) is 6.33 Å². The summed E-state index contributed by atoms with van der Waals surface area (Å²) in [6.45, 7) is 6.18. The van der Waals surface area contributed by atoms with Gasteiger partial charge in [0.15, 0.2) is 0 Å². The van der Waals surface area contributed by atoms with E-state index in [1.165, 1.54) is 25.7 Å². The summed E-state index contributed by atoms with van der Waals surface area (Å²) in [5.74, 6) is 1.97. The Balaban J connectivity index is 1.84. The Morgan fingerprint density at radius 3 is 2.94 bits per heavy atom. The highest BCUT2D eigenvalue weighted by atomic mass is 15.3. The molecule has 0 aromatic carbocycles. The first-order valence-corrected chi connectivity index (χ1v) is 6.45. The molecule has 1 saturated carbocycles. The van der Waals surface area contributed by atoms with Gasteiger partial charge in [0.25, 0.3) is 0 Å². The molecule has 0 bridgehead atoms. The molecular formula is C12H22N4. The molecule has 1 aromatic rings. The van der Waals surface area contributed by atoms with E-state index in [2.05, 4.69) is 33.9 Å². The molecular weight excluding hydrogens is 200 g/mol. The van der Waals surface area contributed by atoms with Crippen molar-refractivity contribution < 1.29 is 0 Å². The van der Waals surface area contributed by atoms with E-state index >= 15 is 0 Å². The first-order valence-electron chi connectivity index (χ1n) is 6.45. The lowest BCUT2D eigenvalue weighted by Crippen LogP contribution is -2.31. The zero-order chi connectivity index (χ0) is 11.4. The maximum absolute atomic E-state index is 4.15. The van der Waals surface area contributed by atoms with Crippen molar-refractivity contribution in [1.82, 2.24) is 20.1 Å². The minimum Gasteiger partial charge on any atom is -0.317 e. The standard InChI is InChI=1S/C12H22N4/c1-3-5-11(10-6-7-10)13-8-12-15-14-9-16(12)4-2/h9-11,13H,3-8H2,1-2H3. The molecule has 0 amide bonds. The van der Waals surface area contributed by atoms with Gasteiger partial charge in [-0.05, 0) is 32.1 Å². The summed E-state index contributed by atoms with van der Waals surface area (Å²) < 4.78 is 2.10. The molecule has 4 nitrogen and oxygen atoms in total. The molecule has 90 valence electrons. The summed E-state index contributed by atoms with van der Waals surface area (Å²) >= 11 is 0. The van der Waals surface area contributed by atoms with Gasteiger partial charge >= 0.3 is 0 Å². The molecule has 1 aliphatic rings. The number of nitrogens with zero attached hydrogens (tertiary/aromatic N) is 3. The van der Waals surface area contributed by atoms with Crippen molar-refractivity contribution in [1.29, 1.82) is 0 Å². The van der Waals surface area contributed by atoms with Crippen molar-refractivity contribution in [2.75, 3.05) is 0 Å². The lowest BCUT2D eigenvalue weighted by atomic mass is 10.1. The zero-order valence-corrected chi connectivity index (χ0v) is 10.3. The van der Waals surface area contributed by atoms with Crippen LogP contribution in [0.25, 0.3) is 0 Å². The Kier molecular flexibility index (Phi) is 3.93. The lowest BCUT2D eigenvalue weighted by molar-refractivity contribution is 0.419. The minimum atomic E-state index is 0.687. The third kappa shape index (κ3) is 2.82. The van der Waals surface area contributed by atoms with Crippen LogP contribution in [0.1, 0.15) is 45.4 Å². The van der Waals surface area contributed by atoms with Crippen LogP contribution in [0, 0.1) is 5.92 Å². The second-order valence-corrected chi connectivity index (χ2v) is 4.65. The van der Waals surface area contributed by atoms with Gasteiger partial charge in [0.1, 0.15) is 12.2 Å². The first kappa shape index (κ1) is 11.6. The van der Waals surface area contributed by atoms with Crippen LogP contribution in [0.5, 0.6) is 0 Å². The molecule has 1 N–H and O–H groups in total. The SMILES string of the molecule is CCCC(NCc1nncn1CC)C1CC1. The van der Waals surface area contributed by atoms with Crippen molar-refractivity contribution in [2.45, 2.75) is 58.7 Å². The summed E-state index contributed by atoms with van der Waals surface area (Å²) in [6, 6.07) is 0.687. The van der Waals surface area contributed by atoms with Gasteiger partial charge in [0, 0.05) is 12.6 Å². The summed E-state index contributed by atoms with van der Waals surface area (Å²) in [5, 5.41) is 11.7. The van der Waals surface area contributed by atoms with E-state index in [0.717, 1.165) is 24.8 Å². The smallest absolute Gasteiger partial charge is 0.146 e. The molecule has 1 heterocycles. The van der Waals surface area contributed by atoms with Crippen LogP contribution in [0.2, 0.25) is 0 Å². The van der Waals surface area contributed by atoms with Gasteiger partial charge in [-0.2, -0.15) is 0 Å². The van der Waals surface area contributed by atoms with Gasteiger partial charge in [-0.15, -0.1) is 10.2 Å². The van der Waals surface area contributed by atoms with E-state index < -0.39 is 0 Å². The highest BCUT2D eigenvalue weighted by Gasteiger charge is 2.30. The number of aryl methyl sites for hydroxylation is 1. The molecule has 0 saturated heterocycles. The van der Waals surface area contributed by atoms with Gasteiger partial charge in [-0.25, -0.2) is 0 Å². The minimum absolute atomic E-state index is 0.687. The van der Waals surface area contributed by atoms with Crippen molar-refractivity contribution in [3.05, 3.63) is 12.2 Å². The first-order chi connectivity index (χ1) is 7.85. The van der Waals surface area contributed by atoms with Crippen LogP contribution in [0.3, 0.4) is 0 Å². The van der Waals surface area contributed by atoms with Crippen LogP contribution in [0.4, 0.5) is 0 Å². The Labute approximate surface area is 97.5 Å². The Bertz CT molecular complexity index is 317. The fourth-order valence-electron chi connectivity index (χ4n) is 2.22. The molecule has 1 aromatic heterocycles. The maximum Gasteiger partial charge on any atom is 0.146 e. The molecule has 1 unspecified atom stereocenters. The van der Waals surface area contributed by atoms with Crippen LogP contribution in [-0.2, 0) is 13.1 Å².